The van der Waals surface area contributed by atoms with E-state index in [1.165, 1.54) is 12.3 Å². The van der Waals surface area contributed by atoms with Gasteiger partial charge in [-0.2, -0.15) is 0 Å². The summed E-state index contributed by atoms with van der Waals surface area (Å²) in [7, 11) is 0. The third kappa shape index (κ3) is 2.44. The van der Waals surface area contributed by atoms with E-state index < -0.39 is 5.78 Å². The summed E-state index contributed by atoms with van der Waals surface area (Å²) < 4.78 is 1.05. The van der Waals surface area contributed by atoms with E-state index in [0.717, 1.165) is 0 Å². The maximum absolute atomic E-state index is 13.1. The van der Waals surface area contributed by atoms with E-state index in [0.29, 0.717) is 20.3 Å². The van der Waals surface area contributed by atoms with Crippen LogP contribution in [0.25, 0.3) is 22.4 Å². The van der Waals surface area contributed by atoms with Crippen LogP contribution in [-0.2, 0) is 0 Å². The van der Waals surface area contributed by atoms with Gasteiger partial charge in [0.15, 0.2) is 0 Å². The van der Waals surface area contributed by atoms with Gasteiger partial charge < -0.3 is 9.94 Å². The van der Waals surface area contributed by atoms with E-state index in [9.17, 15) is 14.9 Å². The highest BCUT2D eigenvalue weighted by Gasteiger charge is 2.28. The SMILES string of the molecule is O=C(c1ccccc1)c1c(-c2ccccc2)n([O-])c2cccnc2[n+]1=O. The van der Waals surface area contributed by atoms with Crippen molar-refractivity contribution < 1.29 is 9.22 Å². The Hall–Kier alpha value is -3.80. The molecule has 2 heterocycles. The fourth-order valence-corrected chi connectivity index (χ4v) is 2.90. The molecule has 2 aromatic carbocycles. The maximum Gasteiger partial charge on any atom is 0.390 e. The van der Waals surface area contributed by atoms with Crippen LogP contribution < -0.4 is 4.43 Å². The van der Waals surface area contributed by atoms with Crippen molar-refractivity contribution >= 4 is 16.9 Å². The van der Waals surface area contributed by atoms with E-state index in [2.05, 4.69) is 4.98 Å². The molecule has 0 fully saturated rings. The first-order chi connectivity index (χ1) is 12.7. The molecule has 0 unspecified atom stereocenters. The van der Waals surface area contributed by atoms with E-state index in [1.807, 2.05) is 0 Å². The van der Waals surface area contributed by atoms with Crippen LogP contribution >= 0.6 is 0 Å². The number of carbonyl (C=O) groups excluding carboxylic acids is 1. The Balaban J connectivity index is 2.12. The third-order valence-corrected chi connectivity index (χ3v) is 4.11. The molecule has 4 rings (SSSR count). The Bertz CT molecular complexity index is 1170. The second-order valence-electron chi connectivity index (χ2n) is 5.69. The zero-order chi connectivity index (χ0) is 18.1. The molecule has 4 aromatic rings. The number of pyridine rings is 1. The average Bonchev–Trinajstić information content (AvgIpc) is 2.71. The standard InChI is InChI=1S/C20H13N3O3/c24-19(15-10-5-2-6-11-15)18-17(14-8-3-1-4-9-14)22(25)16-12-7-13-21-20(16)23(18)26/h1-13H. The first kappa shape index (κ1) is 15.7. The summed E-state index contributed by atoms with van der Waals surface area (Å²) in [4.78, 5) is 30.0. The van der Waals surface area contributed by atoms with Crippen molar-refractivity contribution in [2.75, 3.05) is 0 Å². The molecule has 0 spiro atoms. The number of hydrogen-bond acceptors (Lipinski definition) is 4. The number of hydrogen-bond donors (Lipinski definition) is 0. The normalized spacial score (nSPS) is 10.8. The van der Waals surface area contributed by atoms with Gasteiger partial charge in [-0.15, -0.1) is 0 Å². The molecule has 0 bridgehead atoms. The van der Waals surface area contributed by atoms with Gasteiger partial charge in [-0.05, 0) is 17.1 Å². The Labute approximate surface area is 148 Å². The molecular weight excluding hydrogens is 330 g/mol. The Kier molecular flexibility index (Phi) is 3.78. The van der Waals surface area contributed by atoms with E-state index >= 15 is 0 Å². The van der Waals surface area contributed by atoms with Crippen LogP contribution in [0.3, 0.4) is 0 Å². The molecule has 6 heteroatoms. The number of nitrogens with zero attached hydrogens (tertiary/aromatic N) is 3. The molecule has 2 aromatic heterocycles. The van der Waals surface area contributed by atoms with Gasteiger partial charge in [0.2, 0.25) is 11.5 Å². The van der Waals surface area contributed by atoms with Crippen LogP contribution in [0.2, 0.25) is 0 Å². The Morgan fingerprint density at radius 3 is 2.27 bits per heavy atom. The van der Waals surface area contributed by atoms with Crippen LogP contribution in [0, 0.1) is 10.1 Å². The molecule has 0 aliphatic carbocycles. The zero-order valence-corrected chi connectivity index (χ0v) is 13.6. The quantitative estimate of drug-likeness (QED) is 0.422. The van der Waals surface area contributed by atoms with Gasteiger partial charge >= 0.3 is 5.65 Å². The molecule has 126 valence electrons. The van der Waals surface area contributed by atoms with Gasteiger partial charge in [-0.25, -0.2) is 0 Å². The van der Waals surface area contributed by atoms with E-state index in [4.69, 9.17) is 0 Å². The van der Waals surface area contributed by atoms with Gasteiger partial charge in [0.05, 0.1) is 0 Å². The summed E-state index contributed by atoms with van der Waals surface area (Å²) >= 11 is 0. The van der Waals surface area contributed by atoms with Crippen molar-refractivity contribution in [1.29, 1.82) is 0 Å². The second kappa shape index (κ2) is 6.25. The number of fused-ring (bicyclic) bond motifs is 1. The Morgan fingerprint density at radius 2 is 1.58 bits per heavy atom. The lowest BCUT2D eigenvalue weighted by atomic mass is 10.0. The summed E-state index contributed by atoms with van der Waals surface area (Å²) in [5.41, 5.74) is 0.577. The van der Waals surface area contributed by atoms with Crippen molar-refractivity contribution in [3.05, 3.63) is 100 Å². The second-order valence-corrected chi connectivity index (χ2v) is 5.69. The zero-order valence-electron chi connectivity index (χ0n) is 13.6. The van der Waals surface area contributed by atoms with Crippen LogP contribution in [0.1, 0.15) is 16.1 Å². The van der Waals surface area contributed by atoms with Gasteiger partial charge in [0.25, 0.3) is 0 Å². The predicted molar refractivity (Wildman–Crippen MR) is 97.2 cm³/mol. The largest absolute Gasteiger partial charge is 0.805 e. The van der Waals surface area contributed by atoms with Crippen molar-refractivity contribution in [2.45, 2.75) is 0 Å². The Morgan fingerprint density at radius 1 is 0.923 bits per heavy atom. The van der Waals surface area contributed by atoms with Crippen molar-refractivity contribution in [3.8, 4) is 11.3 Å². The maximum atomic E-state index is 13.1. The minimum atomic E-state index is -0.531. The topological polar surface area (TPSA) is 80.9 Å². The van der Waals surface area contributed by atoms with Crippen LogP contribution in [0.15, 0.2) is 79.0 Å². The lowest BCUT2D eigenvalue weighted by molar-refractivity contribution is -0.469. The smallest absolute Gasteiger partial charge is 0.390 e. The monoisotopic (exact) mass is 343 g/mol. The minimum Gasteiger partial charge on any atom is -0.805 e. The number of rotatable bonds is 3. The highest BCUT2D eigenvalue weighted by molar-refractivity contribution is 6.10. The summed E-state index contributed by atoms with van der Waals surface area (Å²) in [6.45, 7) is 0. The molecule has 0 saturated carbocycles. The number of ketones is 1. The van der Waals surface area contributed by atoms with E-state index in [-0.39, 0.29) is 22.6 Å². The first-order valence-electron chi connectivity index (χ1n) is 7.97. The third-order valence-electron chi connectivity index (χ3n) is 4.11. The summed E-state index contributed by atoms with van der Waals surface area (Å²) in [6.07, 6.45) is 1.41. The van der Waals surface area contributed by atoms with Crippen LogP contribution in [0.4, 0.5) is 0 Å². The molecule has 0 saturated heterocycles. The fourth-order valence-electron chi connectivity index (χ4n) is 2.90. The van der Waals surface area contributed by atoms with Gasteiger partial charge in [0, 0.05) is 15.6 Å². The summed E-state index contributed by atoms with van der Waals surface area (Å²) in [5, 5.41) is 13.0. The summed E-state index contributed by atoms with van der Waals surface area (Å²) in [5.74, 6) is -0.531. The molecule has 0 radical (unpaired) electrons. The molecule has 6 nitrogen and oxygen atoms in total. The van der Waals surface area contributed by atoms with Crippen molar-refractivity contribution in [3.63, 3.8) is 0 Å². The summed E-state index contributed by atoms with van der Waals surface area (Å²) in [6, 6.07) is 20.1. The molecule has 26 heavy (non-hydrogen) atoms. The van der Waals surface area contributed by atoms with Gasteiger partial charge in [0.1, 0.15) is 17.4 Å². The predicted octanol–water partition coefficient (Wildman–Crippen LogP) is 3.19. The number of benzene rings is 2. The van der Waals surface area contributed by atoms with Gasteiger partial charge in [-0.3, -0.25) is 4.79 Å². The molecule has 0 aliphatic rings. The lowest BCUT2D eigenvalue weighted by Crippen LogP contribution is -2.31. The van der Waals surface area contributed by atoms with Gasteiger partial charge in [-0.1, -0.05) is 65.6 Å². The number of aromatic nitrogens is 3. The van der Waals surface area contributed by atoms with Crippen molar-refractivity contribution in [2.24, 2.45) is 0 Å². The molecule has 0 amide bonds. The van der Waals surface area contributed by atoms with Crippen LogP contribution in [0.5, 0.6) is 0 Å². The number of carbonyl (C=O) groups is 1. The molecule has 0 N–H and O–H groups in total. The highest BCUT2D eigenvalue weighted by atomic mass is 16.5. The minimum absolute atomic E-state index is 0.00922. The van der Waals surface area contributed by atoms with Crippen LogP contribution in [-0.4, -0.2) is 15.5 Å². The fraction of sp³-hybridized carbons (Fsp3) is 0. The molecule has 0 aliphatic heterocycles. The highest BCUT2D eigenvalue weighted by Crippen LogP contribution is 2.25. The molecule has 0 atom stereocenters. The average molecular weight is 343 g/mol. The molecular formula is C20H13N3O3. The lowest BCUT2D eigenvalue weighted by Gasteiger charge is -2.19. The van der Waals surface area contributed by atoms with E-state index in [1.54, 1.807) is 66.7 Å². The van der Waals surface area contributed by atoms with Crippen molar-refractivity contribution in [1.82, 2.24) is 9.71 Å². The first-order valence-corrected chi connectivity index (χ1v) is 7.97.